The van der Waals surface area contributed by atoms with Crippen LogP contribution < -0.4 is 5.32 Å². The summed E-state index contributed by atoms with van der Waals surface area (Å²) < 4.78 is 7.66. The second-order valence-corrected chi connectivity index (χ2v) is 8.58. The van der Waals surface area contributed by atoms with Crippen molar-refractivity contribution < 1.29 is 9.53 Å². The number of benzene rings is 1. The topological polar surface area (TPSA) is 72.3 Å². The van der Waals surface area contributed by atoms with E-state index in [-0.39, 0.29) is 12.0 Å². The highest BCUT2D eigenvalue weighted by Gasteiger charge is 2.20. The van der Waals surface area contributed by atoms with Crippen molar-refractivity contribution in [2.75, 3.05) is 32.0 Å². The summed E-state index contributed by atoms with van der Waals surface area (Å²) in [7, 11) is 0. The Kier molecular flexibility index (Phi) is 7.18. The van der Waals surface area contributed by atoms with Crippen molar-refractivity contribution >= 4 is 17.7 Å². The highest BCUT2D eigenvalue weighted by molar-refractivity contribution is 7.99. The second kappa shape index (κ2) is 10.2. The molecule has 0 radical (unpaired) electrons. The minimum atomic E-state index is 0.00527. The normalized spacial score (nSPS) is 20.1. The van der Waals surface area contributed by atoms with E-state index in [2.05, 4.69) is 37.1 Å². The van der Waals surface area contributed by atoms with Crippen molar-refractivity contribution in [2.45, 2.75) is 49.9 Å². The molecule has 8 heteroatoms. The molecule has 3 heterocycles. The summed E-state index contributed by atoms with van der Waals surface area (Å²) >= 11 is 1.43. The molecule has 0 spiro atoms. The number of aromatic nitrogens is 3. The summed E-state index contributed by atoms with van der Waals surface area (Å²) in [6.45, 7) is 4.39. The van der Waals surface area contributed by atoms with Crippen LogP contribution in [-0.2, 0) is 16.1 Å². The number of likely N-dealkylation sites (tertiary alicyclic amines) is 1. The molecule has 7 nitrogen and oxygen atoms in total. The van der Waals surface area contributed by atoms with Gasteiger partial charge in [0.1, 0.15) is 0 Å². The molecule has 0 saturated carbocycles. The van der Waals surface area contributed by atoms with Crippen LogP contribution in [0.1, 0.15) is 37.9 Å². The zero-order valence-electron chi connectivity index (χ0n) is 16.8. The molecule has 1 unspecified atom stereocenters. The van der Waals surface area contributed by atoms with Crippen molar-refractivity contribution in [3.8, 4) is 5.69 Å². The van der Waals surface area contributed by atoms with Crippen molar-refractivity contribution in [2.24, 2.45) is 0 Å². The molecule has 2 saturated heterocycles. The van der Waals surface area contributed by atoms with Crippen molar-refractivity contribution in [3.05, 3.63) is 36.2 Å². The van der Waals surface area contributed by atoms with E-state index in [1.807, 2.05) is 18.2 Å². The molecule has 0 aliphatic carbocycles. The van der Waals surface area contributed by atoms with Crippen LogP contribution in [-0.4, -0.2) is 63.7 Å². The number of hydrogen-bond acceptors (Lipinski definition) is 6. The van der Waals surface area contributed by atoms with Gasteiger partial charge < -0.3 is 10.1 Å². The predicted molar refractivity (Wildman–Crippen MR) is 113 cm³/mol. The Labute approximate surface area is 176 Å². The van der Waals surface area contributed by atoms with Gasteiger partial charge in [0.05, 0.1) is 18.4 Å². The number of rotatable bonds is 8. The standard InChI is InChI=1S/C21H29N5O2S/c27-20(22-14-18-10-7-13-28-18)16-29-21-24-23-19(15-25-11-5-2-6-12-25)26(21)17-8-3-1-4-9-17/h1,3-4,8-9,18H,2,5-7,10-16H2,(H,22,27). The zero-order valence-corrected chi connectivity index (χ0v) is 17.6. The van der Waals surface area contributed by atoms with Crippen LogP contribution in [0.5, 0.6) is 0 Å². The minimum Gasteiger partial charge on any atom is -0.376 e. The lowest BCUT2D eigenvalue weighted by atomic mass is 10.1. The molecule has 29 heavy (non-hydrogen) atoms. The molecule has 4 rings (SSSR count). The lowest BCUT2D eigenvalue weighted by molar-refractivity contribution is -0.119. The number of hydrogen-bond donors (Lipinski definition) is 1. The van der Waals surface area contributed by atoms with Gasteiger partial charge in [-0.2, -0.15) is 0 Å². The number of nitrogens with zero attached hydrogens (tertiary/aromatic N) is 4. The van der Waals surface area contributed by atoms with E-state index in [1.54, 1.807) is 0 Å². The summed E-state index contributed by atoms with van der Waals surface area (Å²) in [5, 5.41) is 12.6. The summed E-state index contributed by atoms with van der Waals surface area (Å²) in [6.07, 6.45) is 6.06. The Morgan fingerprint density at radius 1 is 1.14 bits per heavy atom. The maximum absolute atomic E-state index is 12.3. The predicted octanol–water partition coefficient (Wildman–Crippen LogP) is 2.64. The molecule has 1 amide bonds. The maximum atomic E-state index is 12.3. The average Bonchev–Trinajstić information content (AvgIpc) is 3.42. The van der Waals surface area contributed by atoms with E-state index in [1.165, 1.54) is 31.0 Å². The second-order valence-electron chi connectivity index (χ2n) is 7.63. The molecule has 2 aliphatic heterocycles. The van der Waals surface area contributed by atoms with E-state index in [4.69, 9.17) is 4.74 Å². The number of nitrogens with one attached hydrogen (secondary N) is 1. The van der Waals surface area contributed by atoms with Crippen LogP contribution in [0.25, 0.3) is 5.69 Å². The molecule has 1 aromatic heterocycles. The first-order chi connectivity index (χ1) is 14.3. The lowest BCUT2D eigenvalue weighted by Gasteiger charge is -2.26. The number of thioether (sulfide) groups is 1. The van der Waals surface area contributed by atoms with E-state index < -0.39 is 0 Å². The number of carbonyl (C=O) groups is 1. The fourth-order valence-corrected chi connectivity index (χ4v) is 4.66. The van der Waals surface area contributed by atoms with E-state index >= 15 is 0 Å². The third-order valence-corrected chi connectivity index (χ3v) is 6.34. The van der Waals surface area contributed by atoms with Crippen LogP contribution in [0.3, 0.4) is 0 Å². The van der Waals surface area contributed by atoms with Crippen LogP contribution in [0, 0.1) is 0 Å². The molecule has 1 atom stereocenters. The van der Waals surface area contributed by atoms with Crippen molar-refractivity contribution in [1.29, 1.82) is 0 Å². The Morgan fingerprint density at radius 3 is 2.72 bits per heavy atom. The van der Waals surface area contributed by atoms with E-state index in [0.29, 0.717) is 12.3 Å². The number of amides is 1. The first kappa shape index (κ1) is 20.4. The van der Waals surface area contributed by atoms with Crippen LogP contribution in [0.2, 0.25) is 0 Å². The van der Waals surface area contributed by atoms with Crippen molar-refractivity contribution in [3.63, 3.8) is 0 Å². The monoisotopic (exact) mass is 415 g/mol. The highest BCUT2D eigenvalue weighted by atomic mass is 32.2. The van der Waals surface area contributed by atoms with Gasteiger partial charge in [-0.15, -0.1) is 10.2 Å². The quantitative estimate of drug-likeness (QED) is 0.669. The summed E-state index contributed by atoms with van der Waals surface area (Å²) in [5.41, 5.74) is 1.03. The third kappa shape index (κ3) is 5.58. The number of carbonyl (C=O) groups excluding carboxylic acids is 1. The van der Waals surface area contributed by atoms with Gasteiger partial charge in [0.25, 0.3) is 0 Å². The Morgan fingerprint density at radius 2 is 1.97 bits per heavy atom. The van der Waals surface area contributed by atoms with Gasteiger partial charge in [-0.3, -0.25) is 14.3 Å². The van der Waals surface area contributed by atoms with Crippen LogP contribution in [0.4, 0.5) is 0 Å². The molecule has 1 aromatic carbocycles. The zero-order chi connectivity index (χ0) is 19.9. The number of piperidine rings is 1. The summed E-state index contributed by atoms with van der Waals surface area (Å²) in [6, 6.07) is 10.2. The average molecular weight is 416 g/mol. The molecule has 2 aromatic rings. The molecule has 1 N–H and O–H groups in total. The maximum Gasteiger partial charge on any atom is 0.230 e. The largest absolute Gasteiger partial charge is 0.376 e. The highest BCUT2D eigenvalue weighted by Crippen LogP contribution is 2.23. The van der Waals surface area contributed by atoms with Gasteiger partial charge in [-0.1, -0.05) is 36.4 Å². The molecule has 156 valence electrons. The Hall–Kier alpha value is -1.90. The molecule has 0 bridgehead atoms. The fourth-order valence-electron chi connectivity index (χ4n) is 3.86. The minimum absolute atomic E-state index is 0.00527. The molecule has 2 fully saturated rings. The van der Waals surface area contributed by atoms with Gasteiger partial charge in [0.15, 0.2) is 11.0 Å². The first-order valence-electron chi connectivity index (χ1n) is 10.5. The van der Waals surface area contributed by atoms with E-state index in [9.17, 15) is 4.79 Å². The first-order valence-corrected chi connectivity index (χ1v) is 11.5. The lowest BCUT2D eigenvalue weighted by Crippen LogP contribution is -2.33. The fraction of sp³-hybridized carbons (Fsp3) is 0.571. The smallest absolute Gasteiger partial charge is 0.230 e. The third-order valence-electron chi connectivity index (χ3n) is 5.41. The summed E-state index contributed by atoms with van der Waals surface area (Å²) in [4.78, 5) is 14.7. The Balaban J connectivity index is 1.42. The van der Waals surface area contributed by atoms with Crippen LogP contribution in [0.15, 0.2) is 35.5 Å². The van der Waals surface area contributed by atoms with Gasteiger partial charge in [0.2, 0.25) is 5.91 Å². The Bertz CT molecular complexity index is 786. The van der Waals surface area contributed by atoms with Crippen molar-refractivity contribution in [1.82, 2.24) is 25.0 Å². The summed E-state index contributed by atoms with van der Waals surface area (Å²) in [5.74, 6) is 1.26. The van der Waals surface area contributed by atoms with Gasteiger partial charge >= 0.3 is 0 Å². The van der Waals surface area contributed by atoms with E-state index in [0.717, 1.165) is 55.8 Å². The molecular weight excluding hydrogens is 386 g/mol. The SMILES string of the molecule is O=C(CSc1nnc(CN2CCCCC2)n1-c1ccccc1)NCC1CCCO1. The molecular formula is C21H29N5O2S. The van der Waals surface area contributed by atoms with Gasteiger partial charge in [0, 0.05) is 18.8 Å². The van der Waals surface area contributed by atoms with Gasteiger partial charge in [-0.05, 0) is 50.9 Å². The van der Waals surface area contributed by atoms with Crippen LogP contribution >= 0.6 is 11.8 Å². The number of para-hydroxylation sites is 1. The molecule has 2 aliphatic rings. The van der Waals surface area contributed by atoms with Gasteiger partial charge in [-0.25, -0.2) is 0 Å². The number of ether oxygens (including phenoxy) is 1.